The topological polar surface area (TPSA) is 29.1 Å². The highest BCUT2D eigenvalue weighted by molar-refractivity contribution is 8.13. The molecule has 0 saturated heterocycles. The number of hydrogen-bond acceptors (Lipinski definition) is 3. The minimum Gasteiger partial charge on any atom is -0.316 e. The molecular formula is C6H13NOS. The van der Waals surface area contributed by atoms with Crippen LogP contribution in [-0.4, -0.2) is 24.0 Å². The fourth-order valence-corrected chi connectivity index (χ4v) is 0.978. The molecule has 0 aromatic heterocycles. The monoisotopic (exact) mass is 147 g/mol. The van der Waals surface area contributed by atoms with Crippen LogP contribution in [0.4, 0.5) is 0 Å². The number of hydrogen-bond donors (Lipinski definition) is 1. The summed E-state index contributed by atoms with van der Waals surface area (Å²) in [6.45, 7) is 5.56. The van der Waals surface area contributed by atoms with Crippen LogP contribution in [0.1, 0.15) is 13.8 Å². The first-order valence-electron chi connectivity index (χ1n) is 3.11. The van der Waals surface area contributed by atoms with Gasteiger partial charge < -0.3 is 5.32 Å². The van der Waals surface area contributed by atoms with Gasteiger partial charge in [0.25, 0.3) is 0 Å². The Morgan fingerprint density at radius 2 is 2.33 bits per heavy atom. The summed E-state index contributed by atoms with van der Waals surface area (Å²) in [6.07, 6.45) is 0. The van der Waals surface area contributed by atoms with Gasteiger partial charge in [0.05, 0.1) is 0 Å². The predicted molar refractivity (Wildman–Crippen MR) is 41.7 cm³/mol. The van der Waals surface area contributed by atoms with Crippen molar-refractivity contribution in [2.45, 2.75) is 13.8 Å². The van der Waals surface area contributed by atoms with Gasteiger partial charge in [0.1, 0.15) is 0 Å². The van der Waals surface area contributed by atoms with Crippen LogP contribution in [0.3, 0.4) is 0 Å². The van der Waals surface area contributed by atoms with Gasteiger partial charge in [0.2, 0.25) is 0 Å². The highest BCUT2D eigenvalue weighted by atomic mass is 32.2. The minimum absolute atomic E-state index is 0.202. The lowest BCUT2D eigenvalue weighted by molar-refractivity contribution is -0.109. The quantitative estimate of drug-likeness (QED) is 0.598. The average Bonchev–Trinajstić information content (AvgIpc) is 1.80. The van der Waals surface area contributed by atoms with Crippen molar-refractivity contribution in [2.24, 2.45) is 0 Å². The van der Waals surface area contributed by atoms with Gasteiger partial charge in [-0.15, -0.1) is 0 Å². The molecular weight excluding hydrogens is 134 g/mol. The molecule has 0 spiro atoms. The summed E-state index contributed by atoms with van der Waals surface area (Å²) < 4.78 is 0. The molecule has 0 rings (SSSR count). The van der Waals surface area contributed by atoms with Gasteiger partial charge in [-0.25, -0.2) is 0 Å². The average molecular weight is 147 g/mol. The summed E-state index contributed by atoms with van der Waals surface area (Å²) in [5, 5.41) is 3.33. The Morgan fingerprint density at radius 1 is 1.67 bits per heavy atom. The Morgan fingerprint density at radius 3 is 2.78 bits per heavy atom. The summed E-state index contributed by atoms with van der Waals surface area (Å²) in [5.41, 5.74) is 0. The predicted octanol–water partition coefficient (Wildman–Crippen LogP) is 0.876. The van der Waals surface area contributed by atoms with Crippen molar-refractivity contribution in [3.63, 3.8) is 0 Å². The van der Waals surface area contributed by atoms with Crippen LogP contribution >= 0.6 is 11.8 Å². The van der Waals surface area contributed by atoms with Gasteiger partial charge in [0, 0.05) is 19.2 Å². The van der Waals surface area contributed by atoms with Crippen LogP contribution < -0.4 is 5.32 Å². The van der Waals surface area contributed by atoms with E-state index in [1.807, 2.05) is 0 Å². The van der Waals surface area contributed by atoms with E-state index in [-0.39, 0.29) is 5.12 Å². The van der Waals surface area contributed by atoms with Crippen LogP contribution in [0.5, 0.6) is 0 Å². The summed E-state index contributed by atoms with van der Waals surface area (Å²) in [6, 6.07) is 0. The zero-order chi connectivity index (χ0) is 7.11. The Balaban J connectivity index is 2.83. The Bertz CT molecular complexity index is 85.1. The van der Waals surface area contributed by atoms with Crippen molar-refractivity contribution in [3.8, 4) is 0 Å². The van der Waals surface area contributed by atoms with E-state index in [1.165, 1.54) is 11.8 Å². The van der Waals surface area contributed by atoms with Gasteiger partial charge >= 0.3 is 0 Å². The molecule has 0 aromatic carbocycles. The third kappa shape index (κ3) is 7.98. The molecule has 3 heteroatoms. The van der Waals surface area contributed by atoms with E-state index in [1.54, 1.807) is 6.92 Å². The molecule has 0 heterocycles. The van der Waals surface area contributed by atoms with E-state index in [0.717, 1.165) is 18.8 Å². The molecule has 0 radical (unpaired) electrons. The SMILES string of the molecule is CCNCCSC(C)=O. The number of carbonyl (C=O) groups is 1. The third-order valence-electron chi connectivity index (χ3n) is 0.834. The number of rotatable bonds is 4. The maximum atomic E-state index is 10.3. The van der Waals surface area contributed by atoms with E-state index in [4.69, 9.17) is 0 Å². The van der Waals surface area contributed by atoms with Gasteiger partial charge in [-0.2, -0.15) is 0 Å². The normalized spacial score (nSPS) is 9.56. The molecule has 9 heavy (non-hydrogen) atoms. The van der Waals surface area contributed by atoms with E-state index < -0.39 is 0 Å². The van der Waals surface area contributed by atoms with Crippen LogP contribution in [-0.2, 0) is 4.79 Å². The second-order valence-corrected chi connectivity index (χ2v) is 2.97. The first kappa shape index (κ1) is 8.98. The van der Waals surface area contributed by atoms with Crippen molar-refractivity contribution >= 4 is 16.9 Å². The molecule has 0 aliphatic carbocycles. The van der Waals surface area contributed by atoms with Crippen LogP contribution in [0, 0.1) is 0 Å². The molecule has 0 atom stereocenters. The van der Waals surface area contributed by atoms with E-state index in [9.17, 15) is 4.79 Å². The van der Waals surface area contributed by atoms with Crippen LogP contribution in [0.2, 0.25) is 0 Å². The van der Waals surface area contributed by atoms with Gasteiger partial charge in [-0.05, 0) is 6.54 Å². The molecule has 2 nitrogen and oxygen atoms in total. The molecule has 0 unspecified atom stereocenters. The number of carbonyl (C=O) groups excluding carboxylic acids is 1. The zero-order valence-corrected chi connectivity index (χ0v) is 6.75. The van der Waals surface area contributed by atoms with E-state index in [0.29, 0.717) is 0 Å². The minimum atomic E-state index is 0.202. The molecule has 0 amide bonds. The van der Waals surface area contributed by atoms with E-state index in [2.05, 4.69) is 12.2 Å². The number of nitrogens with one attached hydrogen (secondary N) is 1. The first-order chi connectivity index (χ1) is 4.27. The van der Waals surface area contributed by atoms with Crippen molar-refractivity contribution < 1.29 is 4.79 Å². The second-order valence-electron chi connectivity index (χ2n) is 1.69. The summed E-state index contributed by atoms with van der Waals surface area (Å²) in [7, 11) is 0. The molecule has 0 aliphatic rings. The standard InChI is InChI=1S/C6H13NOS/c1-3-7-4-5-9-6(2)8/h7H,3-5H2,1-2H3. The highest BCUT2D eigenvalue weighted by Gasteiger charge is 1.90. The molecule has 0 saturated carbocycles. The largest absolute Gasteiger partial charge is 0.316 e. The molecule has 0 fully saturated rings. The highest BCUT2D eigenvalue weighted by Crippen LogP contribution is 1.97. The van der Waals surface area contributed by atoms with Crippen molar-refractivity contribution in [2.75, 3.05) is 18.8 Å². The smallest absolute Gasteiger partial charge is 0.185 e. The fourth-order valence-electron chi connectivity index (χ4n) is 0.444. The third-order valence-corrected chi connectivity index (χ3v) is 1.65. The summed E-state index contributed by atoms with van der Waals surface area (Å²) in [4.78, 5) is 10.3. The number of thioether (sulfide) groups is 1. The summed E-state index contributed by atoms with van der Waals surface area (Å²) >= 11 is 1.37. The Hall–Kier alpha value is -0.0200. The van der Waals surface area contributed by atoms with Gasteiger partial charge in [0.15, 0.2) is 5.12 Å². The lowest BCUT2D eigenvalue weighted by Crippen LogP contribution is -2.16. The molecule has 54 valence electrons. The lowest BCUT2D eigenvalue weighted by atomic mass is 10.7. The Labute approximate surface area is 60.4 Å². The van der Waals surface area contributed by atoms with Gasteiger partial charge in [-0.1, -0.05) is 18.7 Å². The van der Waals surface area contributed by atoms with Crippen molar-refractivity contribution in [3.05, 3.63) is 0 Å². The first-order valence-corrected chi connectivity index (χ1v) is 4.10. The second kappa shape index (κ2) is 6.11. The van der Waals surface area contributed by atoms with Crippen LogP contribution in [0.25, 0.3) is 0 Å². The zero-order valence-electron chi connectivity index (χ0n) is 5.94. The van der Waals surface area contributed by atoms with Crippen molar-refractivity contribution in [1.82, 2.24) is 5.32 Å². The fraction of sp³-hybridized carbons (Fsp3) is 0.833. The maximum absolute atomic E-state index is 10.3. The summed E-state index contributed by atoms with van der Waals surface area (Å²) in [5.74, 6) is 0.892. The molecule has 0 aromatic rings. The molecule has 0 aliphatic heterocycles. The van der Waals surface area contributed by atoms with Crippen molar-refractivity contribution in [1.29, 1.82) is 0 Å². The van der Waals surface area contributed by atoms with E-state index >= 15 is 0 Å². The van der Waals surface area contributed by atoms with Crippen LogP contribution in [0.15, 0.2) is 0 Å². The lowest BCUT2D eigenvalue weighted by Gasteiger charge is -1.96. The Kier molecular flexibility index (Phi) is 6.09. The molecule has 1 N–H and O–H groups in total. The van der Waals surface area contributed by atoms with Gasteiger partial charge in [-0.3, -0.25) is 4.79 Å². The maximum Gasteiger partial charge on any atom is 0.185 e. The molecule has 0 bridgehead atoms.